The summed E-state index contributed by atoms with van der Waals surface area (Å²) >= 11 is 0. The average molecular weight is 360 g/mol. The van der Waals surface area contributed by atoms with Gasteiger partial charge in [-0.3, -0.25) is 4.79 Å². The van der Waals surface area contributed by atoms with Crippen LogP contribution in [-0.2, 0) is 6.42 Å². The Bertz CT molecular complexity index is 645. The molecule has 5 nitrogen and oxygen atoms in total. The van der Waals surface area contributed by atoms with Crippen molar-refractivity contribution in [1.29, 1.82) is 0 Å². The van der Waals surface area contributed by atoms with E-state index in [0.29, 0.717) is 38.0 Å². The third-order valence-electron chi connectivity index (χ3n) is 4.87. The molecule has 1 aliphatic heterocycles. The fraction of sp³-hybridized carbons (Fsp3) is 0.619. The van der Waals surface area contributed by atoms with E-state index < -0.39 is 0 Å². The monoisotopic (exact) mass is 359 g/mol. The molecule has 1 aromatic carbocycles. The summed E-state index contributed by atoms with van der Waals surface area (Å²) in [7, 11) is 3.52. The van der Waals surface area contributed by atoms with Crippen molar-refractivity contribution in [2.75, 3.05) is 40.3 Å². The van der Waals surface area contributed by atoms with Crippen molar-refractivity contribution >= 4 is 11.9 Å². The fourth-order valence-corrected chi connectivity index (χ4v) is 3.34. The van der Waals surface area contributed by atoms with Gasteiger partial charge in [0.2, 0.25) is 0 Å². The Morgan fingerprint density at radius 3 is 2.08 bits per heavy atom. The molecule has 5 heteroatoms. The van der Waals surface area contributed by atoms with E-state index in [1.165, 1.54) is 5.56 Å². The molecular weight excluding hydrogens is 326 g/mol. The summed E-state index contributed by atoms with van der Waals surface area (Å²) in [6.07, 6.45) is 0.903. The van der Waals surface area contributed by atoms with E-state index in [1.54, 1.807) is 23.9 Å². The lowest BCUT2D eigenvalue weighted by atomic mass is 9.92. The molecule has 0 aliphatic carbocycles. The van der Waals surface area contributed by atoms with Crippen LogP contribution in [0.3, 0.4) is 0 Å². The Labute approximate surface area is 158 Å². The summed E-state index contributed by atoms with van der Waals surface area (Å²) in [5.74, 6) is 1.04. The first-order valence-electron chi connectivity index (χ1n) is 9.59. The molecule has 1 saturated heterocycles. The van der Waals surface area contributed by atoms with Gasteiger partial charge in [-0.05, 0) is 35.4 Å². The number of piperazine rings is 1. The minimum Gasteiger partial charge on any atom is -0.335 e. The standard InChI is InChI=1S/C21H33N3O2/c1-15(2)13-18-14-17(16(3)4)7-8-19(18)20(25)23-9-11-24(12-10-23)21(26)22(5)6/h7-8,14-16H,9-13H2,1-6H3. The number of nitrogens with zero attached hydrogens (tertiary/aromatic N) is 3. The highest BCUT2D eigenvalue weighted by Gasteiger charge is 2.27. The van der Waals surface area contributed by atoms with Gasteiger partial charge in [0.15, 0.2) is 0 Å². The van der Waals surface area contributed by atoms with E-state index >= 15 is 0 Å². The van der Waals surface area contributed by atoms with Gasteiger partial charge in [0, 0.05) is 45.8 Å². The summed E-state index contributed by atoms with van der Waals surface area (Å²) in [4.78, 5) is 30.5. The quantitative estimate of drug-likeness (QED) is 0.826. The number of benzene rings is 1. The van der Waals surface area contributed by atoms with Crippen molar-refractivity contribution in [3.8, 4) is 0 Å². The molecule has 0 bridgehead atoms. The molecule has 0 unspecified atom stereocenters. The van der Waals surface area contributed by atoms with Crippen molar-refractivity contribution in [1.82, 2.24) is 14.7 Å². The smallest absolute Gasteiger partial charge is 0.319 e. The molecule has 0 aromatic heterocycles. The molecule has 0 atom stereocenters. The number of amides is 3. The van der Waals surface area contributed by atoms with Gasteiger partial charge < -0.3 is 14.7 Å². The molecule has 0 saturated carbocycles. The first-order chi connectivity index (χ1) is 12.2. The summed E-state index contributed by atoms with van der Waals surface area (Å²) in [5.41, 5.74) is 3.23. The van der Waals surface area contributed by atoms with Crippen LogP contribution in [0.1, 0.15) is 55.1 Å². The van der Waals surface area contributed by atoms with Gasteiger partial charge >= 0.3 is 6.03 Å². The maximum Gasteiger partial charge on any atom is 0.319 e. The summed E-state index contributed by atoms with van der Waals surface area (Å²) in [6, 6.07) is 6.28. The van der Waals surface area contributed by atoms with E-state index in [0.717, 1.165) is 17.5 Å². The van der Waals surface area contributed by atoms with Crippen LogP contribution in [-0.4, -0.2) is 66.9 Å². The molecule has 0 N–H and O–H groups in total. The molecule has 144 valence electrons. The summed E-state index contributed by atoms with van der Waals surface area (Å²) in [5, 5.41) is 0. The van der Waals surface area contributed by atoms with Crippen LogP contribution in [0.5, 0.6) is 0 Å². The molecule has 2 rings (SSSR count). The second-order valence-electron chi connectivity index (χ2n) is 8.13. The largest absolute Gasteiger partial charge is 0.335 e. The number of carbonyl (C=O) groups excluding carboxylic acids is 2. The Kier molecular flexibility index (Phi) is 6.68. The lowest BCUT2D eigenvalue weighted by Crippen LogP contribution is -2.53. The van der Waals surface area contributed by atoms with Crippen LogP contribution in [0.25, 0.3) is 0 Å². The van der Waals surface area contributed by atoms with Crippen LogP contribution < -0.4 is 0 Å². The summed E-state index contributed by atoms with van der Waals surface area (Å²) < 4.78 is 0. The molecule has 0 radical (unpaired) electrons. The van der Waals surface area contributed by atoms with Gasteiger partial charge in [0.25, 0.3) is 5.91 Å². The van der Waals surface area contributed by atoms with Crippen LogP contribution in [0.4, 0.5) is 4.79 Å². The lowest BCUT2D eigenvalue weighted by molar-refractivity contribution is 0.0649. The minimum atomic E-state index is 0.0129. The van der Waals surface area contributed by atoms with Gasteiger partial charge in [0.05, 0.1) is 0 Å². The van der Waals surface area contributed by atoms with Gasteiger partial charge in [-0.15, -0.1) is 0 Å². The highest BCUT2D eigenvalue weighted by atomic mass is 16.2. The molecule has 1 heterocycles. The van der Waals surface area contributed by atoms with E-state index in [9.17, 15) is 9.59 Å². The maximum absolute atomic E-state index is 13.1. The first kappa shape index (κ1) is 20.3. The normalized spacial score (nSPS) is 14.9. The Hall–Kier alpha value is -2.04. The highest BCUT2D eigenvalue weighted by Crippen LogP contribution is 2.23. The zero-order chi connectivity index (χ0) is 19.4. The number of rotatable bonds is 4. The van der Waals surface area contributed by atoms with Gasteiger partial charge in [-0.1, -0.05) is 39.8 Å². The maximum atomic E-state index is 13.1. The van der Waals surface area contributed by atoms with E-state index in [2.05, 4.69) is 39.8 Å². The van der Waals surface area contributed by atoms with Crippen LogP contribution in [0.2, 0.25) is 0 Å². The van der Waals surface area contributed by atoms with Crippen LogP contribution in [0, 0.1) is 5.92 Å². The van der Waals surface area contributed by atoms with E-state index in [1.807, 2.05) is 11.0 Å². The zero-order valence-electron chi connectivity index (χ0n) is 17.1. The topological polar surface area (TPSA) is 43.9 Å². The number of carbonyl (C=O) groups is 2. The molecular formula is C21H33N3O2. The predicted molar refractivity (Wildman–Crippen MR) is 106 cm³/mol. The van der Waals surface area contributed by atoms with Crippen molar-refractivity contribution in [3.63, 3.8) is 0 Å². The van der Waals surface area contributed by atoms with Crippen molar-refractivity contribution in [2.45, 2.75) is 40.0 Å². The first-order valence-corrected chi connectivity index (χ1v) is 9.59. The third kappa shape index (κ3) is 4.77. The van der Waals surface area contributed by atoms with Crippen LogP contribution >= 0.6 is 0 Å². The van der Waals surface area contributed by atoms with E-state index in [4.69, 9.17) is 0 Å². The Balaban J connectivity index is 2.15. The third-order valence-corrected chi connectivity index (χ3v) is 4.87. The van der Waals surface area contributed by atoms with Crippen molar-refractivity contribution in [2.24, 2.45) is 5.92 Å². The molecule has 1 aromatic rings. The average Bonchev–Trinajstić information content (AvgIpc) is 2.60. The lowest BCUT2D eigenvalue weighted by Gasteiger charge is -2.36. The Morgan fingerprint density at radius 1 is 1.00 bits per heavy atom. The van der Waals surface area contributed by atoms with E-state index in [-0.39, 0.29) is 11.9 Å². The predicted octanol–water partition coefficient (Wildman–Crippen LogP) is 3.45. The summed E-state index contributed by atoms with van der Waals surface area (Å²) in [6.45, 7) is 11.1. The van der Waals surface area contributed by atoms with Crippen molar-refractivity contribution < 1.29 is 9.59 Å². The van der Waals surface area contributed by atoms with Gasteiger partial charge in [-0.25, -0.2) is 4.79 Å². The molecule has 26 heavy (non-hydrogen) atoms. The van der Waals surface area contributed by atoms with Gasteiger partial charge in [-0.2, -0.15) is 0 Å². The zero-order valence-corrected chi connectivity index (χ0v) is 17.1. The number of hydrogen-bond donors (Lipinski definition) is 0. The molecule has 1 aliphatic rings. The van der Waals surface area contributed by atoms with Gasteiger partial charge in [0.1, 0.15) is 0 Å². The van der Waals surface area contributed by atoms with Crippen molar-refractivity contribution in [3.05, 3.63) is 34.9 Å². The molecule has 0 spiro atoms. The number of urea groups is 1. The highest BCUT2D eigenvalue weighted by molar-refractivity contribution is 5.96. The minimum absolute atomic E-state index is 0.0129. The SMILES string of the molecule is CC(C)Cc1cc(C(C)C)ccc1C(=O)N1CCN(C(=O)N(C)C)CC1. The fourth-order valence-electron chi connectivity index (χ4n) is 3.34. The Morgan fingerprint density at radius 2 is 1.58 bits per heavy atom. The molecule has 1 fully saturated rings. The van der Waals surface area contributed by atoms with Crippen LogP contribution in [0.15, 0.2) is 18.2 Å². The second kappa shape index (κ2) is 8.56. The molecule has 3 amide bonds. The number of hydrogen-bond acceptors (Lipinski definition) is 2. The second-order valence-corrected chi connectivity index (χ2v) is 8.13.